The third kappa shape index (κ3) is 43.4. The first-order valence-corrected chi connectivity index (χ1v) is 27.3. The van der Waals surface area contributed by atoms with E-state index in [1.807, 2.05) is 0 Å². The summed E-state index contributed by atoms with van der Waals surface area (Å²) >= 11 is 0. The Kier molecular flexibility index (Phi) is 47.7. The second-order valence-electron chi connectivity index (χ2n) is 19.3. The molecule has 0 amide bonds. The van der Waals surface area contributed by atoms with Crippen LogP contribution in [0.5, 0.6) is 0 Å². The summed E-state index contributed by atoms with van der Waals surface area (Å²) in [6, 6.07) is 0. The van der Waals surface area contributed by atoms with Crippen molar-refractivity contribution >= 4 is 5.97 Å². The molecule has 2 heteroatoms. The summed E-state index contributed by atoms with van der Waals surface area (Å²) in [5.74, 6) is 0.122. The van der Waals surface area contributed by atoms with E-state index < -0.39 is 0 Å². The molecule has 0 radical (unpaired) electrons. The first-order valence-electron chi connectivity index (χ1n) is 27.3. The zero-order chi connectivity index (χ0) is 41.4. The number of ether oxygens (including phenoxy) is 1. The minimum atomic E-state index is 0.122. The molecule has 0 spiro atoms. The van der Waals surface area contributed by atoms with Crippen molar-refractivity contribution in [2.75, 3.05) is 6.61 Å². The lowest BCUT2D eigenvalue weighted by Gasteiger charge is -2.34. The van der Waals surface area contributed by atoms with Gasteiger partial charge in [0.05, 0.1) is 13.0 Å². The Labute approximate surface area is 362 Å². The van der Waals surface area contributed by atoms with E-state index in [0.717, 1.165) is 6.42 Å². The summed E-state index contributed by atoms with van der Waals surface area (Å²) in [5.41, 5.74) is 0.159. The maximum absolute atomic E-state index is 13.6. The van der Waals surface area contributed by atoms with E-state index in [1.54, 1.807) is 0 Å². The molecule has 0 aliphatic carbocycles. The van der Waals surface area contributed by atoms with Crippen LogP contribution in [0, 0.1) is 5.41 Å². The number of hydrogen-bond acceptors (Lipinski definition) is 2. The Morgan fingerprint density at radius 3 is 0.702 bits per heavy atom. The Balaban J connectivity index is 5.03. The first kappa shape index (κ1) is 56.5. The van der Waals surface area contributed by atoms with Gasteiger partial charge in [-0.1, -0.05) is 304 Å². The molecule has 0 rings (SSSR count). The van der Waals surface area contributed by atoms with Crippen molar-refractivity contribution < 1.29 is 9.53 Å². The number of esters is 1. The molecular weight excluding hydrogens is 693 g/mol. The van der Waals surface area contributed by atoms with Gasteiger partial charge in [-0.25, -0.2) is 0 Å². The van der Waals surface area contributed by atoms with E-state index >= 15 is 0 Å². The lowest BCUT2D eigenvalue weighted by Crippen LogP contribution is -2.26. The fourth-order valence-electron chi connectivity index (χ4n) is 9.44. The quantitative estimate of drug-likeness (QED) is 0.0452. The summed E-state index contributed by atoms with van der Waals surface area (Å²) in [5, 5.41) is 0. The van der Waals surface area contributed by atoms with Gasteiger partial charge in [0.15, 0.2) is 0 Å². The standard InChI is InChI=1S/C55H110O2/c1-5-9-13-17-21-25-29-33-37-41-45-49-55(50-46-42-38-34-30-26-22-18-14-10-6-2,51-47-43-39-35-31-27-23-19-15-11-7-3)53-54(56)57-52-48-44-40-36-32-28-24-20-16-12-8-4/h5-53H2,1-4H3. The summed E-state index contributed by atoms with van der Waals surface area (Å²) in [7, 11) is 0. The van der Waals surface area contributed by atoms with Crippen molar-refractivity contribution in [1.82, 2.24) is 0 Å². The van der Waals surface area contributed by atoms with E-state index in [2.05, 4.69) is 27.7 Å². The number of carbonyl (C=O) groups excluding carboxylic acids is 1. The molecule has 0 saturated heterocycles. The van der Waals surface area contributed by atoms with Crippen molar-refractivity contribution in [1.29, 1.82) is 0 Å². The van der Waals surface area contributed by atoms with Gasteiger partial charge in [0.1, 0.15) is 0 Å². The van der Waals surface area contributed by atoms with E-state index in [4.69, 9.17) is 4.74 Å². The number of rotatable bonds is 50. The Hall–Kier alpha value is -0.530. The molecule has 0 aromatic heterocycles. The van der Waals surface area contributed by atoms with Crippen LogP contribution in [0.1, 0.15) is 336 Å². The van der Waals surface area contributed by atoms with Crippen LogP contribution in [0.25, 0.3) is 0 Å². The number of unbranched alkanes of at least 4 members (excludes halogenated alkanes) is 40. The highest BCUT2D eigenvalue weighted by Gasteiger charge is 2.32. The van der Waals surface area contributed by atoms with E-state index in [0.29, 0.717) is 13.0 Å². The normalized spacial score (nSPS) is 11.9. The number of carbonyl (C=O) groups is 1. The predicted octanol–water partition coefficient (Wildman–Crippen LogP) is 20.3. The number of hydrogen-bond donors (Lipinski definition) is 0. The smallest absolute Gasteiger partial charge is 0.306 e. The van der Waals surface area contributed by atoms with Gasteiger partial charge in [-0.15, -0.1) is 0 Å². The van der Waals surface area contributed by atoms with Crippen LogP contribution < -0.4 is 0 Å². The zero-order valence-electron chi connectivity index (χ0n) is 40.5. The van der Waals surface area contributed by atoms with Crippen molar-refractivity contribution in [2.45, 2.75) is 336 Å². The molecule has 57 heavy (non-hydrogen) atoms. The van der Waals surface area contributed by atoms with Gasteiger partial charge in [-0.05, 0) is 31.1 Å². The van der Waals surface area contributed by atoms with Crippen molar-refractivity contribution in [3.05, 3.63) is 0 Å². The molecule has 2 nitrogen and oxygen atoms in total. The summed E-state index contributed by atoms with van der Waals surface area (Å²) < 4.78 is 6.06. The Morgan fingerprint density at radius 1 is 0.281 bits per heavy atom. The molecular formula is C55H110O2. The molecule has 0 atom stereocenters. The first-order chi connectivity index (χ1) is 28.1. The predicted molar refractivity (Wildman–Crippen MR) is 258 cm³/mol. The average molecular weight is 803 g/mol. The van der Waals surface area contributed by atoms with E-state index in [-0.39, 0.29) is 11.4 Å². The highest BCUT2D eigenvalue weighted by Crippen LogP contribution is 2.41. The van der Waals surface area contributed by atoms with Crippen LogP contribution in [0.2, 0.25) is 0 Å². The summed E-state index contributed by atoms with van der Waals surface area (Å²) in [6.07, 6.45) is 65.1. The van der Waals surface area contributed by atoms with Gasteiger partial charge in [-0.3, -0.25) is 4.79 Å². The molecule has 0 aliphatic heterocycles. The molecule has 342 valence electrons. The second kappa shape index (κ2) is 48.1. The molecule has 0 aromatic rings. The maximum Gasteiger partial charge on any atom is 0.306 e. The Morgan fingerprint density at radius 2 is 0.474 bits per heavy atom. The van der Waals surface area contributed by atoms with Crippen molar-refractivity contribution in [3.8, 4) is 0 Å². The van der Waals surface area contributed by atoms with E-state index in [1.165, 1.54) is 295 Å². The third-order valence-electron chi connectivity index (χ3n) is 13.5. The van der Waals surface area contributed by atoms with Crippen LogP contribution in [0.3, 0.4) is 0 Å². The molecule has 0 saturated carbocycles. The fraction of sp³-hybridized carbons (Fsp3) is 0.982. The maximum atomic E-state index is 13.6. The summed E-state index contributed by atoms with van der Waals surface area (Å²) in [4.78, 5) is 13.6. The van der Waals surface area contributed by atoms with Gasteiger partial charge in [-0.2, -0.15) is 0 Å². The van der Waals surface area contributed by atoms with Gasteiger partial charge in [0.2, 0.25) is 0 Å². The lowest BCUT2D eigenvalue weighted by molar-refractivity contribution is -0.147. The van der Waals surface area contributed by atoms with Gasteiger partial charge in [0, 0.05) is 0 Å². The van der Waals surface area contributed by atoms with Gasteiger partial charge >= 0.3 is 5.97 Å². The SMILES string of the molecule is CCCCCCCCCCCCCOC(=O)CC(CCCCCCCCCCCCC)(CCCCCCCCCCCCC)CCCCCCCCCCCCC. The van der Waals surface area contributed by atoms with Crippen LogP contribution in [-0.2, 0) is 9.53 Å². The highest BCUT2D eigenvalue weighted by molar-refractivity contribution is 5.70. The molecule has 0 N–H and O–H groups in total. The molecule has 0 heterocycles. The lowest BCUT2D eigenvalue weighted by atomic mass is 9.71. The zero-order valence-corrected chi connectivity index (χ0v) is 40.5. The third-order valence-corrected chi connectivity index (χ3v) is 13.5. The molecule has 0 fully saturated rings. The van der Waals surface area contributed by atoms with Crippen LogP contribution in [0.15, 0.2) is 0 Å². The minimum absolute atomic E-state index is 0.122. The topological polar surface area (TPSA) is 26.3 Å². The largest absolute Gasteiger partial charge is 0.466 e. The second-order valence-corrected chi connectivity index (χ2v) is 19.3. The van der Waals surface area contributed by atoms with Gasteiger partial charge in [0.25, 0.3) is 0 Å². The van der Waals surface area contributed by atoms with Crippen molar-refractivity contribution in [3.63, 3.8) is 0 Å². The molecule has 0 unspecified atom stereocenters. The van der Waals surface area contributed by atoms with Crippen LogP contribution in [-0.4, -0.2) is 12.6 Å². The molecule has 0 bridgehead atoms. The fourth-order valence-corrected chi connectivity index (χ4v) is 9.44. The molecule has 0 aliphatic rings. The monoisotopic (exact) mass is 803 g/mol. The average Bonchev–Trinajstić information content (AvgIpc) is 3.21. The van der Waals surface area contributed by atoms with Crippen molar-refractivity contribution in [2.24, 2.45) is 5.41 Å². The Bertz CT molecular complexity index is 680. The van der Waals surface area contributed by atoms with Crippen LogP contribution >= 0.6 is 0 Å². The van der Waals surface area contributed by atoms with Crippen LogP contribution in [0.4, 0.5) is 0 Å². The van der Waals surface area contributed by atoms with E-state index in [9.17, 15) is 4.79 Å². The summed E-state index contributed by atoms with van der Waals surface area (Å²) in [6.45, 7) is 9.88. The van der Waals surface area contributed by atoms with Gasteiger partial charge < -0.3 is 4.74 Å². The molecule has 0 aromatic carbocycles. The minimum Gasteiger partial charge on any atom is -0.466 e. The highest BCUT2D eigenvalue weighted by atomic mass is 16.5.